The van der Waals surface area contributed by atoms with Gasteiger partial charge in [-0.1, -0.05) is 49.7 Å². The first-order valence-electron chi connectivity index (χ1n) is 9.40. The summed E-state index contributed by atoms with van der Waals surface area (Å²) in [5, 5.41) is 5.48. The molecule has 0 saturated heterocycles. The summed E-state index contributed by atoms with van der Waals surface area (Å²) < 4.78 is 25.5. The van der Waals surface area contributed by atoms with Crippen LogP contribution in [0.15, 0.2) is 59.5 Å². The van der Waals surface area contributed by atoms with Crippen LogP contribution in [0, 0.1) is 0 Å². The third-order valence-corrected chi connectivity index (χ3v) is 6.21. The number of sulfonamides is 1. The number of hydrogen-bond donors (Lipinski definition) is 2. The predicted octanol–water partition coefficient (Wildman–Crippen LogP) is 2.32. The number of rotatable bonds is 9. The summed E-state index contributed by atoms with van der Waals surface area (Å²) in [5.74, 6) is -0.819. The Balaban J connectivity index is 2.00. The van der Waals surface area contributed by atoms with Crippen LogP contribution in [0.5, 0.6) is 0 Å². The highest BCUT2D eigenvalue weighted by Gasteiger charge is 2.19. The Bertz CT molecular complexity index is 943. The van der Waals surface area contributed by atoms with Gasteiger partial charge in [-0.05, 0) is 30.2 Å². The van der Waals surface area contributed by atoms with Crippen molar-refractivity contribution >= 4 is 21.8 Å². The van der Waals surface area contributed by atoms with Crippen LogP contribution >= 0.6 is 0 Å². The summed E-state index contributed by atoms with van der Waals surface area (Å²) in [6.07, 6.45) is 1.69. The topological polar surface area (TPSA) is 95.6 Å². The molecule has 0 spiro atoms. The molecule has 2 rings (SSSR count). The SMILES string of the molecule is CCCC(NC(=O)CNC(=O)c1cccc(S(=O)(=O)N(C)C)c1)c1ccccc1. The first-order valence-corrected chi connectivity index (χ1v) is 10.8. The van der Waals surface area contributed by atoms with Crippen LogP contribution in [0.25, 0.3) is 0 Å². The number of hydrogen-bond acceptors (Lipinski definition) is 4. The molecule has 2 amide bonds. The van der Waals surface area contributed by atoms with Crippen molar-refractivity contribution in [1.29, 1.82) is 0 Å². The van der Waals surface area contributed by atoms with Gasteiger partial charge in [-0.25, -0.2) is 12.7 Å². The predicted molar refractivity (Wildman–Crippen MR) is 112 cm³/mol. The normalized spacial score (nSPS) is 12.4. The van der Waals surface area contributed by atoms with Crippen molar-refractivity contribution in [3.63, 3.8) is 0 Å². The third-order valence-electron chi connectivity index (χ3n) is 4.40. The van der Waals surface area contributed by atoms with Gasteiger partial charge in [-0.3, -0.25) is 9.59 Å². The average Bonchev–Trinajstić information content (AvgIpc) is 2.72. The number of benzene rings is 2. The average molecular weight is 418 g/mol. The van der Waals surface area contributed by atoms with E-state index in [1.807, 2.05) is 37.3 Å². The lowest BCUT2D eigenvalue weighted by atomic mass is 10.0. The van der Waals surface area contributed by atoms with E-state index in [4.69, 9.17) is 0 Å². The Labute approximate surface area is 172 Å². The lowest BCUT2D eigenvalue weighted by molar-refractivity contribution is -0.120. The van der Waals surface area contributed by atoms with E-state index in [2.05, 4.69) is 10.6 Å². The highest BCUT2D eigenvalue weighted by atomic mass is 32.2. The summed E-state index contributed by atoms with van der Waals surface area (Å²) >= 11 is 0. The Hall–Kier alpha value is -2.71. The zero-order chi connectivity index (χ0) is 21.4. The summed E-state index contributed by atoms with van der Waals surface area (Å²) in [4.78, 5) is 24.7. The molecular weight excluding hydrogens is 390 g/mol. The van der Waals surface area contributed by atoms with Gasteiger partial charge in [0.25, 0.3) is 5.91 Å². The molecule has 7 nitrogen and oxygen atoms in total. The number of nitrogens with zero attached hydrogens (tertiary/aromatic N) is 1. The fourth-order valence-corrected chi connectivity index (χ4v) is 3.76. The van der Waals surface area contributed by atoms with Gasteiger partial charge in [0.1, 0.15) is 0 Å². The van der Waals surface area contributed by atoms with Gasteiger partial charge in [0, 0.05) is 19.7 Å². The summed E-state index contributed by atoms with van der Waals surface area (Å²) in [6.45, 7) is 1.84. The van der Waals surface area contributed by atoms with Crippen molar-refractivity contribution < 1.29 is 18.0 Å². The fourth-order valence-electron chi connectivity index (χ4n) is 2.81. The maximum absolute atomic E-state index is 12.4. The fraction of sp³-hybridized carbons (Fsp3) is 0.333. The number of nitrogens with one attached hydrogen (secondary N) is 2. The van der Waals surface area contributed by atoms with Gasteiger partial charge < -0.3 is 10.6 Å². The first kappa shape index (κ1) is 22.6. The van der Waals surface area contributed by atoms with Crippen LogP contribution in [0.3, 0.4) is 0 Å². The minimum absolute atomic E-state index is 0.0201. The van der Waals surface area contributed by atoms with Crippen LogP contribution in [0.4, 0.5) is 0 Å². The quantitative estimate of drug-likeness (QED) is 0.655. The number of amides is 2. The minimum Gasteiger partial charge on any atom is -0.348 e. The second-order valence-electron chi connectivity index (χ2n) is 6.82. The second-order valence-corrected chi connectivity index (χ2v) is 8.97. The van der Waals surface area contributed by atoms with E-state index in [9.17, 15) is 18.0 Å². The van der Waals surface area contributed by atoms with Crippen molar-refractivity contribution in [2.75, 3.05) is 20.6 Å². The van der Waals surface area contributed by atoms with Crippen molar-refractivity contribution in [2.45, 2.75) is 30.7 Å². The molecule has 0 aliphatic carbocycles. The highest BCUT2D eigenvalue weighted by Crippen LogP contribution is 2.18. The van der Waals surface area contributed by atoms with Gasteiger partial charge in [-0.15, -0.1) is 0 Å². The minimum atomic E-state index is -3.64. The van der Waals surface area contributed by atoms with E-state index >= 15 is 0 Å². The van der Waals surface area contributed by atoms with Gasteiger partial charge >= 0.3 is 0 Å². The second kappa shape index (κ2) is 10.2. The van der Waals surface area contributed by atoms with Gasteiger partial charge in [0.2, 0.25) is 15.9 Å². The molecule has 156 valence electrons. The van der Waals surface area contributed by atoms with Crippen LogP contribution < -0.4 is 10.6 Å². The zero-order valence-corrected chi connectivity index (χ0v) is 17.7. The molecule has 2 aromatic carbocycles. The zero-order valence-electron chi connectivity index (χ0n) is 16.9. The monoisotopic (exact) mass is 417 g/mol. The molecule has 2 aromatic rings. The molecule has 8 heteroatoms. The molecule has 29 heavy (non-hydrogen) atoms. The largest absolute Gasteiger partial charge is 0.348 e. The van der Waals surface area contributed by atoms with E-state index in [0.717, 1.165) is 22.7 Å². The lowest BCUT2D eigenvalue weighted by Gasteiger charge is -2.19. The molecule has 1 unspecified atom stereocenters. The molecule has 0 aliphatic heterocycles. The van der Waals surface area contributed by atoms with Gasteiger partial charge in [-0.2, -0.15) is 0 Å². The maximum atomic E-state index is 12.4. The van der Waals surface area contributed by atoms with E-state index < -0.39 is 15.9 Å². The Morgan fingerprint density at radius 3 is 2.34 bits per heavy atom. The molecular formula is C21H27N3O4S. The van der Waals surface area contributed by atoms with E-state index in [1.165, 1.54) is 38.4 Å². The Morgan fingerprint density at radius 2 is 1.72 bits per heavy atom. The maximum Gasteiger partial charge on any atom is 0.251 e. The molecule has 0 aromatic heterocycles. The molecule has 0 radical (unpaired) electrons. The standard InChI is InChI=1S/C21H27N3O4S/c1-4-9-19(16-10-6-5-7-11-16)23-20(25)15-22-21(26)17-12-8-13-18(14-17)29(27,28)24(2)3/h5-8,10-14,19H,4,9,15H2,1-3H3,(H,22,26)(H,23,25). The van der Waals surface area contributed by atoms with Crippen molar-refractivity contribution in [2.24, 2.45) is 0 Å². The molecule has 0 fully saturated rings. The molecule has 1 atom stereocenters. The van der Waals surface area contributed by atoms with E-state index in [1.54, 1.807) is 0 Å². The van der Waals surface area contributed by atoms with Crippen molar-refractivity contribution in [3.8, 4) is 0 Å². The molecule has 0 aliphatic rings. The van der Waals surface area contributed by atoms with Crippen LogP contribution in [0.1, 0.15) is 41.7 Å². The van der Waals surface area contributed by atoms with Crippen molar-refractivity contribution in [1.82, 2.24) is 14.9 Å². The molecule has 0 bridgehead atoms. The Morgan fingerprint density at radius 1 is 1.03 bits per heavy atom. The van der Waals surface area contributed by atoms with Gasteiger partial charge in [0.15, 0.2) is 0 Å². The smallest absolute Gasteiger partial charge is 0.251 e. The first-order chi connectivity index (χ1) is 13.8. The van der Waals surface area contributed by atoms with E-state index in [-0.39, 0.29) is 29.0 Å². The molecule has 2 N–H and O–H groups in total. The molecule has 0 saturated carbocycles. The van der Waals surface area contributed by atoms with E-state index in [0.29, 0.717) is 0 Å². The summed E-state index contributed by atoms with van der Waals surface area (Å²) in [5.41, 5.74) is 1.18. The van der Waals surface area contributed by atoms with Crippen LogP contribution in [-0.2, 0) is 14.8 Å². The van der Waals surface area contributed by atoms with Crippen molar-refractivity contribution in [3.05, 3.63) is 65.7 Å². The summed E-state index contributed by atoms with van der Waals surface area (Å²) in [7, 11) is -0.798. The Kier molecular flexibility index (Phi) is 7.92. The lowest BCUT2D eigenvalue weighted by Crippen LogP contribution is -2.38. The highest BCUT2D eigenvalue weighted by molar-refractivity contribution is 7.89. The third kappa shape index (κ3) is 6.13. The number of carbonyl (C=O) groups excluding carboxylic acids is 2. The summed E-state index contributed by atoms with van der Waals surface area (Å²) in [6, 6.07) is 15.3. The molecule has 0 heterocycles. The van der Waals surface area contributed by atoms with Gasteiger partial charge in [0.05, 0.1) is 17.5 Å². The van der Waals surface area contributed by atoms with Crippen LogP contribution in [0.2, 0.25) is 0 Å². The van der Waals surface area contributed by atoms with Crippen LogP contribution in [-0.4, -0.2) is 45.2 Å². The number of carbonyl (C=O) groups is 2.